The SMILES string of the molecule is CCC1CC(CC)C(C(O)CCC2OCCO2)C1.[Ac]. The van der Waals surface area contributed by atoms with Crippen LogP contribution in [0.1, 0.15) is 52.4 Å². The first kappa shape index (κ1) is 18.4. The van der Waals surface area contributed by atoms with Gasteiger partial charge in [0.2, 0.25) is 0 Å². The van der Waals surface area contributed by atoms with Crippen molar-refractivity contribution in [3.05, 3.63) is 0 Å². The van der Waals surface area contributed by atoms with Crippen LogP contribution >= 0.6 is 0 Å². The van der Waals surface area contributed by atoms with E-state index >= 15 is 0 Å². The van der Waals surface area contributed by atoms with Crippen molar-refractivity contribution >= 4 is 0 Å². The van der Waals surface area contributed by atoms with E-state index in [2.05, 4.69) is 13.8 Å². The molecule has 4 unspecified atom stereocenters. The summed E-state index contributed by atoms with van der Waals surface area (Å²) in [6.45, 7) is 5.94. The normalized spacial score (nSPS) is 33.3. The van der Waals surface area contributed by atoms with Gasteiger partial charge in [0, 0.05) is 50.5 Å². The maximum Gasteiger partial charge on any atom is 0.157 e. The third-order valence-electron chi connectivity index (χ3n) is 4.83. The molecule has 2 fully saturated rings. The fourth-order valence-corrected chi connectivity index (χ4v) is 3.65. The van der Waals surface area contributed by atoms with Crippen LogP contribution in [0.15, 0.2) is 0 Å². The van der Waals surface area contributed by atoms with E-state index in [1.165, 1.54) is 25.7 Å². The van der Waals surface area contributed by atoms with Gasteiger partial charge in [-0.05, 0) is 37.0 Å². The van der Waals surface area contributed by atoms with Gasteiger partial charge < -0.3 is 14.6 Å². The minimum atomic E-state index is -0.167. The Morgan fingerprint density at radius 3 is 2.37 bits per heavy atom. The predicted octanol–water partition coefficient (Wildman–Crippen LogP) is 2.96. The number of aliphatic hydroxyl groups excluding tert-OH is 1. The van der Waals surface area contributed by atoms with E-state index in [-0.39, 0.29) is 56.5 Å². The van der Waals surface area contributed by atoms with Crippen LogP contribution in [0.5, 0.6) is 0 Å². The molecule has 1 saturated heterocycles. The molecular formula is C15H28AcO3. The third kappa shape index (κ3) is 5.22. The minimum Gasteiger partial charge on any atom is -0.393 e. The largest absolute Gasteiger partial charge is 0.393 e. The first-order valence-electron chi connectivity index (χ1n) is 7.65. The first-order valence-corrected chi connectivity index (χ1v) is 7.65. The summed E-state index contributed by atoms with van der Waals surface area (Å²) >= 11 is 0. The fraction of sp³-hybridized carbons (Fsp3) is 1.00. The van der Waals surface area contributed by atoms with Crippen LogP contribution in [0.4, 0.5) is 0 Å². The van der Waals surface area contributed by atoms with Gasteiger partial charge in [-0.2, -0.15) is 0 Å². The molecule has 0 aromatic carbocycles. The van der Waals surface area contributed by atoms with Crippen LogP contribution in [0.3, 0.4) is 0 Å². The Balaban J connectivity index is 0.00000180. The first-order chi connectivity index (χ1) is 8.74. The van der Waals surface area contributed by atoms with E-state index < -0.39 is 0 Å². The van der Waals surface area contributed by atoms with Gasteiger partial charge in [0.05, 0.1) is 19.3 Å². The summed E-state index contributed by atoms with van der Waals surface area (Å²) < 4.78 is 10.9. The van der Waals surface area contributed by atoms with Gasteiger partial charge in [0.25, 0.3) is 0 Å². The van der Waals surface area contributed by atoms with Gasteiger partial charge in [0.1, 0.15) is 0 Å². The molecule has 3 nitrogen and oxygen atoms in total. The van der Waals surface area contributed by atoms with Crippen LogP contribution < -0.4 is 0 Å². The van der Waals surface area contributed by atoms with Crippen LogP contribution in [-0.4, -0.2) is 30.7 Å². The number of rotatable bonds is 6. The molecule has 0 spiro atoms. The Morgan fingerprint density at radius 2 is 1.79 bits per heavy atom. The van der Waals surface area contributed by atoms with Gasteiger partial charge in [-0.15, -0.1) is 0 Å². The Kier molecular flexibility index (Phi) is 9.05. The molecule has 19 heavy (non-hydrogen) atoms. The van der Waals surface area contributed by atoms with Crippen LogP contribution in [0, 0.1) is 61.8 Å². The molecule has 0 aromatic heterocycles. The van der Waals surface area contributed by atoms with Gasteiger partial charge in [-0.1, -0.05) is 26.7 Å². The Labute approximate surface area is 153 Å². The topological polar surface area (TPSA) is 38.7 Å². The Hall–Kier alpha value is 1.32. The standard InChI is InChI=1S/C15H28O3.Ac/c1-3-11-9-12(4-2)13(10-11)14(16)5-6-15-17-7-8-18-15;/h11-16H,3-10H2,1-2H3;. The van der Waals surface area contributed by atoms with Crippen molar-refractivity contribution in [3.63, 3.8) is 0 Å². The van der Waals surface area contributed by atoms with Crippen molar-refractivity contribution in [2.75, 3.05) is 13.2 Å². The molecule has 0 aromatic rings. The zero-order valence-electron chi connectivity index (χ0n) is 12.4. The quantitative estimate of drug-likeness (QED) is 0.632. The molecule has 0 amide bonds. The van der Waals surface area contributed by atoms with Crippen LogP contribution in [-0.2, 0) is 9.47 Å². The fourth-order valence-electron chi connectivity index (χ4n) is 3.65. The van der Waals surface area contributed by atoms with Gasteiger partial charge >= 0.3 is 0 Å². The summed E-state index contributed by atoms with van der Waals surface area (Å²) in [5.74, 6) is 2.05. The Bertz CT molecular complexity index is 244. The van der Waals surface area contributed by atoms with E-state index in [9.17, 15) is 5.11 Å². The van der Waals surface area contributed by atoms with Crippen molar-refractivity contribution in [2.45, 2.75) is 64.8 Å². The summed E-state index contributed by atoms with van der Waals surface area (Å²) in [5, 5.41) is 10.4. The maximum atomic E-state index is 10.4. The summed E-state index contributed by atoms with van der Waals surface area (Å²) in [6.07, 6.45) is 6.41. The molecule has 1 aliphatic carbocycles. The van der Waals surface area contributed by atoms with Crippen LogP contribution in [0.25, 0.3) is 0 Å². The van der Waals surface area contributed by atoms with Gasteiger partial charge in [-0.25, -0.2) is 0 Å². The van der Waals surface area contributed by atoms with Crippen molar-refractivity contribution in [2.24, 2.45) is 17.8 Å². The number of hydrogen-bond donors (Lipinski definition) is 1. The second kappa shape index (κ2) is 9.36. The molecule has 0 bridgehead atoms. The number of hydrogen-bond acceptors (Lipinski definition) is 3. The van der Waals surface area contributed by atoms with Crippen LogP contribution in [0.2, 0.25) is 0 Å². The Morgan fingerprint density at radius 1 is 1.11 bits per heavy atom. The smallest absolute Gasteiger partial charge is 0.157 e. The van der Waals surface area contributed by atoms with E-state index in [0.717, 1.165) is 24.7 Å². The van der Waals surface area contributed by atoms with E-state index in [0.29, 0.717) is 19.1 Å². The van der Waals surface area contributed by atoms with E-state index in [1.807, 2.05) is 0 Å². The van der Waals surface area contributed by atoms with Crippen molar-refractivity contribution in [1.82, 2.24) is 0 Å². The maximum absolute atomic E-state index is 10.4. The second-order valence-electron chi connectivity index (χ2n) is 5.89. The van der Waals surface area contributed by atoms with Gasteiger partial charge in [0.15, 0.2) is 6.29 Å². The zero-order valence-corrected chi connectivity index (χ0v) is 17.1. The minimum absolute atomic E-state index is 0. The number of ether oxygens (including phenoxy) is 2. The summed E-state index contributed by atoms with van der Waals surface area (Å²) in [7, 11) is 0. The van der Waals surface area contributed by atoms with Crippen molar-refractivity contribution in [1.29, 1.82) is 0 Å². The van der Waals surface area contributed by atoms with Crippen molar-refractivity contribution < 1.29 is 58.6 Å². The van der Waals surface area contributed by atoms with Crippen molar-refractivity contribution in [3.8, 4) is 0 Å². The monoisotopic (exact) mass is 483 g/mol. The average Bonchev–Trinajstić information content (AvgIpc) is 3.04. The molecule has 1 saturated carbocycles. The molecule has 4 heteroatoms. The van der Waals surface area contributed by atoms with E-state index in [1.54, 1.807) is 0 Å². The average molecular weight is 483 g/mol. The van der Waals surface area contributed by atoms with E-state index in [4.69, 9.17) is 9.47 Å². The molecule has 1 aliphatic heterocycles. The molecule has 2 rings (SSSR count). The molecule has 2 aliphatic rings. The molecule has 1 N–H and O–H groups in total. The second-order valence-corrected chi connectivity index (χ2v) is 5.89. The molecular weight excluding hydrogens is 455 g/mol. The summed E-state index contributed by atoms with van der Waals surface area (Å²) in [6, 6.07) is 0. The molecule has 4 atom stereocenters. The molecule has 109 valence electrons. The number of aliphatic hydroxyl groups is 1. The molecule has 1 radical (unpaired) electrons. The predicted molar refractivity (Wildman–Crippen MR) is 71.2 cm³/mol. The van der Waals surface area contributed by atoms with Gasteiger partial charge in [-0.3, -0.25) is 0 Å². The third-order valence-corrected chi connectivity index (χ3v) is 4.83. The molecule has 1 heterocycles. The zero-order chi connectivity index (χ0) is 13.0. The summed E-state index contributed by atoms with van der Waals surface area (Å²) in [5.41, 5.74) is 0. The summed E-state index contributed by atoms with van der Waals surface area (Å²) in [4.78, 5) is 0.